The van der Waals surface area contributed by atoms with Crippen LogP contribution in [-0.2, 0) is 36.5 Å². The lowest BCUT2D eigenvalue weighted by atomic mass is 9.80. The molecule has 28 heavy (non-hydrogen) atoms. The molecule has 146 valence electrons. The summed E-state index contributed by atoms with van der Waals surface area (Å²) in [5.41, 5.74) is 12.5. The molecule has 0 amide bonds. The van der Waals surface area contributed by atoms with E-state index in [0.717, 1.165) is 25.7 Å². The van der Waals surface area contributed by atoms with Gasteiger partial charge in [0.05, 0.1) is 0 Å². The fourth-order valence-electron chi connectivity index (χ4n) is 4.92. The third kappa shape index (κ3) is 3.39. The van der Waals surface area contributed by atoms with Gasteiger partial charge < -0.3 is 0 Å². The van der Waals surface area contributed by atoms with Crippen LogP contribution >= 0.6 is 0 Å². The molecule has 0 fully saturated rings. The van der Waals surface area contributed by atoms with Gasteiger partial charge in [-0.1, -0.05) is 90.1 Å². The van der Waals surface area contributed by atoms with E-state index in [2.05, 4.69) is 90.1 Å². The minimum absolute atomic E-state index is 0.201. The van der Waals surface area contributed by atoms with E-state index in [1.54, 1.807) is 11.1 Å². The highest BCUT2D eigenvalue weighted by molar-refractivity contribution is 5.68. The number of fused-ring (bicyclic) bond motifs is 2. The van der Waals surface area contributed by atoms with Crippen molar-refractivity contribution >= 4 is 12.2 Å². The molecule has 0 saturated heterocycles. The van der Waals surface area contributed by atoms with Crippen LogP contribution in [0, 0.1) is 0 Å². The summed E-state index contributed by atoms with van der Waals surface area (Å²) in [5.74, 6) is 0. The minimum Gasteiger partial charge on any atom is -0.0795 e. The topological polar surface area (TPSA) is 0 Å². The van der Waals surface area contributed by atoms with Gasteiger partial charge in [-0.2, -0.15) is 0 Å². The molecular weight excluding hydrogens is 336 g/mol. The summed E-state index contributed by atoms with van der Waals surface area (Å²) in [6.07, 6.45) is 13.8. The van der Waals surface area contributed by atoms with Gasteiger partial charge in [-0.25, -0.2) is 0 Å². The fourth-order valence-corrected chi connectivity index (χ4v) is 4.92. The Morgan fingerprint density at radius 3 is 1.36 bits per heavy atom. The Morgan fingerprint density at radius 1 is 0.607 bits per heavy atom. The molecular formula is C28H34. The molecule has 0 heterocycles. The highest BCUT2D eigenvalue weighted by Gasteiger charge is 2.24. The second-order valence-electron chi connectivity index (χ2n) is 10.5. The third-order valence-corrected chi connectivity index (χ3v) is 6.40. The van der Waals surface area contributed by atoms with Crippen LogP contribution in [0.4, 0.5) is 0 Å². The number of hydrogen-bond acceptors (Lipinski definition) is 0. The van der Waals surface area contributed by atoms with Crippen LogP contribution in [0.5, 0.6) is 0 Å². The standard InChI is InChI=1S/C28H34/c1-27(2,3)25-17-15-19(21-9-7-11-23(21)25)13-14-20-16-18-26(28(4,5)6)24-12-8-10-22(20)24/h7-8,11-12,15-18H,9-10,13-14H2,1-6H3. The Hall–Kier alpha value is -2.08. The second-order valence-corrected chi connectivity index (χ2v) is 10.5. The Labute approximate surface area is 171 Å². The lowest BCUT2D eigenvalue weighted by molar-refractivity contribution is 0.587. The molecule has 2 aromatic rings. The van der Waals surface area contributed by atoms with Crippen molar-refractivity contribution in [3.05, 3.63) is 80.9 Å². The smallest absolute Gasteiger partial charge is 0.00853 e. The zero-order valence-corrected chi connectivity index (χ0v) is 18.4. The first kappa shape index (κ1) is 19.2. The molecule has 2 aliphatic rings. The molecule has 0 N–H and O–H groups in total. The molecule has 0 nitrogen and oxygen atoms in total. The van der Waals surface area contributed by atoms with Crippen molar-refractivity contribution in [3.63, 3.8) is 0 Å². The van der Waals surface area contributed by atoms with Gasteiger partial charge >= 0.3 is 0 Å². The molecule has 2 aliphatic carbocycles. The average molecular weight is 371 g/mol. The van der Waals surface area contributed by atoms with Gasteiger partial charge in [0.1, 0.15) is 0 Å². The van der Waals surface area contributed by atoms with Crippen molar-refractivity contribution < 1.29 is 0 Å². The summed E-state index contributed by atoms with van der Waals surface area (Å²) in [7, 11) is 0. The summed E-state index contributed by atoms with van der Waals surface area (Å²) in [6, 6.07) is 9.54. The molecule has 0 unspecified atom stereocenters. The van der Waals surface area contributed by atoms with Crippen molar-refractivity contribution in [3.8, 4) is 0 Å². The van der Waals surface area contributed by atoms with Crippen molar-refractivity contribution in [2.45, 2.75) is 78.1 Å². The molecule has 4 rings (SSSR count). The van der Waals surface area contributed by atoms with Crippen LogP contribution in [0.3, 0.4) is 0 Å². The quantitative estimate of drug-likeness (QED) is 0.535. The maximum atomic E-state index is 2.40. The highest BCUT2D eigenvalue weighted by Crippen LogP contribution is 2.37. The first-order valence-corrected chi connectivity index (χ1v) is 10.8. The summed E-state index contributed by atoms with van der Waals surface area (Å²) in [6.45, 7) is 13.9. The molecule has 0 heteroatoms. The van der Waals surface area contributed by atoms with E-state index >= 15 is 0 Å². The predicted octanol–water partition coefficient (Wildman–Crippen LogP) is 7.21. The molecule has 0 bridgehead atoms. The van der Waals surface area contributed by atoms with Gasteiger partial charge in [-0.05, 0) is 81.0 Å². The Morgan fingerprint density at radius 2 is 1.00 bits per heavy atom. The van der Waals surface area contributed by atoms with E-state index in [0.29, 0.717) is 0 Å². The Balaban J connectivity index is 1.62. The van der Waals surface area contributed by atoms with E-state index in [-0.39, 0.29) is 10.8 Å². The fraction of sp³-hybridized carbons (Fsp3) is 0.429. The molecule has 0 radical (unpaired) electrons. The van der Waals surface area contributed by atoms with Gasteiger partial charge in [-0.15, -0.1) is 0 Å². The molecule has 0 atom stereocenters. The summed E-state index contributed by atoms with van der Waals surface area (Å²) >= 11 is 0. The van der Waals surface area contributed by atoms with Crippen LogP contribution in [0.1, 0.15) is 86.1 Å². The molecule has 2 aromatic carbocycles. The van der Waals surface area contributed by atoms with Gasteiger partial charge in [0, 0.05) is 0 Å². The lowest BCUT2D eigenvalue weighted by Crippen LogP contribution is -2.15. The number of allylic oxidation sites excluding steroid dienone is 2. The van der Waals surface area contributed by atoms with Crippen LogP contribution in [-0.4, -0.2) is 0 Å². The lowest BCUT2D eigenvalue weighted by Gasteiger charge is -2.25. The number of rotatable bonds is 3. The second kappa shape index (κ2) is 6.76. The largest absolute Gasteiger partial charge is 0.0795 e. The van der Waals surface area contributed by atoms with E-state index in [1.807, 2.05) is 0 Å². The number of aryl methyl sites for hydroxylation is 2. The molecule has 0 aliphatic heterocycles. The first-order chi connectivity index (χ1) is 13.2. The van der Waals surface area contributed by atoms with Crippen LogP contribution < -0.4 is 0 Å². The molecule has 0 spiro atoms. The van der Waals surface area contributed by atoms with Crippen molar-refractivity contribution in [1.29, 1.82) is 0 Å². The average Bonchev–Trinajstić information content (AvgIpc) is 3.26. The van der Waals surface area contributed by atoms with Gasteiger partial charge in [-0.3, -0.25) is 0 Å². The number of benzene rings is 2. The normalized spacial score (nSPS) is 15.2. The third-order valence-electron chi connectivity index (χ3n) is 6.40. The van der Waals surface area contributed by atoms with Gasteiger partial charge in [0.2, 0.25) is 0 Å². The maximum Gasteiger partial charge on any atom is -0.00853 e. The molecule has 0 aromatic heterocycles. The van der Waals surface area contributed by atoms with Gasteiger partial charge in [0.15, 0.2) is 0 Å². The monoisotopic (exact) mass is 370 g/mol. The van der Waals surface area contributed by atoms with Crippen LogP contribution in [0.25, 0.3) is 12.2 Å². The summed E-state index contributed by atoms with van der Waals surface area (Å²) in [4.78, 5) is 0. The van der Waals surface area contributed by atoms with Gasteiger partial charge in [0.25, 0.3) is 0 Å². The highest BCUT2D eigenvalue weighted by atomic mass is 14.3. The van der Waals surface area contributed by atoms with E-state index in [1.165, 1.54) is 33.4 Å². The molecule has 0 saturated carbocycles. The van der Waals surface area contributed by atoms with Crippen molar-refractivity contribution in [1.82, 2.24) is 0 Å². The Kier molecular flexibility index (Phi) is 4.65. The van der Waals surface area contributed by atoms with Crippen LogP contribution in [0.2, 0.25) is 0 Å². The van der Waals surface area contributed by atoms with Crippen molar-refractivity contribution in [2.24, 2.45) is 0 Å². The minimum atomic E-state index is 0.201. The van der Waals surface area contributed by atoms with Crippen molar-refractivity contribution in [2.75, 3.05) is 0 Å². The zero-order valence-electron chi connectivity index (χ0n) is 18.4. The van der Waals surface area contributed by atoms with E-state index in [9.17, 15) is 0 Å². The predicted molar refractivity (Wildman–Crippen MR) is 123 cm³/mol. The zero-order chi connectivity index (χ0) is 20.1. The van der Waals surface area contributed by atoms with E-state index < -0.39 is 0 Å². The maximum absolute atomic E-state index is 2.40. The van der Waals surface area contributed by atoms with E-state index in [4.69, 9.17) is 0 Å². The van der Waals surface area contributed by atoms with Crippen LogP contribution in [0.15, 0.2) is 36.4 Å². The first-order valence-electron chi connectivity index (χ1n) is 10.8. The number of hydrogen-bond donors (Lipinski definition) is 0. The Bertz CT molecular complexity index is 887. The summed E-state index contributed by atoms with van der Waals surface area (Å²) in [5, 5.41) is 0. The summed E-state index contributed by atoms with van der Waals surface area (Å²) < 4.78 is 0. The SMILES string of the molecule is CC(C)(C)c1ccc(CCc2ccc(C(C)(C)C)c3c2CC=C3)c2c1C=CC2.